The molecule has 0 fully saturated rings. The minimum absolute atomic E-state index is 0.00570. The molecule has 1 atom stereocenters. The van der Waals surface area contributed by atoms with Crippen molar-refractivity contribution in [3.8, 4) is 0 Å². The molecule has 0 radical (unpaired) electrons. The van der Waals surface area contributed by atoms with E-state index in [1.165, 1.54) is 4.90 Å². The average Bonchev–Trinajstić information content (AvgIpc) is 3.23. The molecule has 1 aromatic carbocycles. The highest BCUT2D eigenvalue weighted by Crippen LogP contribution is 2.30. The predicted molar refractivity (Wildman–Crippen MR) is 132 cm³/mol. The van der Waals surface area contributed by atoms with E-state index in [-0.39, 0.29) is 30.5 Å². The van der Waals surface area contributed by atoms with Gasteiger partial charge in [-0.1, -0.05) is 0 Å². The molecule has 3 heterocycles. The zero-order chi connectivity index (χ0) is 26.0. The fraction of sp³-hybridized carbons (Fsp3) is 0.348. The molecule has 1 aliphatic heterocycles. The van der Waals surface area contributed by atoms with Gasteiger partial charge in [0, 0.05) is 38.3 Å². The number of nitrogen functional groups attached to an aromatic ring is 2. The Labute approximate surface area is 206 Å². The van der Waals surface area contributed by atoms with Gasteiger partial charge in [0.2, 0.25) is 11.9 Å². The van der Waals surface area contributed by atoms with Crippen LogP contribution in [-0.2, 0) is 22.6 Å². The van der Waals surface area contributed by atoms with Crippen molar-refractivity contribution >= 4 is 46.4 Å². The minimum atomic E-state index is -1.19. The number of nitrogens with two attached hydrogens (primary N) is 2. The first-order chi connectivity index (χ1) is 17.1. The van der Waals surface area contributed by atoms with Crippen LogP contribution in [0.4, 0.5) is 17.5 Å². The molecule has 0 spiro atoms. The van der Waals surface area contributed by atoms with E-state index in [9.17, 15) is 19.5 Å². The summed E-state index contributed by atoms with van der Waals surface area (Å²) >= 11 is 0. The largest absolute Gasteiger partial charge is 0.480 e. The van der Waals surface area contributed by atoms with Crippen LogP contribution in [0.2, 0.25) is 0 Å². The number of nitrogens with zero attached hydrogens (tertiary/aromatic N) is 6. The number of carboxylic acid groups (broad SMARTS) is 1. The summed E-state index contributed by atoms with van der Waals surface area (Å²) in [6.07, 6.45) is 2.35. The summed E-state index contributed by atoms with van der Waals surface area (Å²) in [4.78, 5) is 56.4. The first kappa shape index (κ1) is 24.6. The molecule has 6 N–H and O–H groups in total. The first-order valence-electron chi connectivity index (χ1n) is 11.3. The Morgan fingerprint density at radius 1 is 1.19 bits per heavy atom. The van der Waals surface area contributed by atoms with Crippen molar-refractivity contribution in [2.75, 3.05) is 37.0 Å². The zero-order valence-electron chi connectivity index (χ0n) is 19.9. The molecular formula is C23H27N9O4. The van der Waals surface area contributed by atoms with Crippen molar-refractivity contribution in [1.82, 2.24) is 30.2 Å². The number of hydrogen-bond acceptors (Lipinski definition) is 10. The third kappa shape index (κ3) is 5.24. The van der Waals surface area contributed by atoms with Crippen LogP contribution < -0.4 is 21.7 Å². The molecule has 3 aromatic rings. The van der Waals surface area contributed by atoms with Gasteiger partial charge in [0.05, 0.1) is 18.4 Å². The van der Waals surface area contributed by atoms with Crippen molar-refractivity contribution in [1.29, 1.82) is 0 Å². The van der Waals surface area contributed by atoms with Crippen molar-refractivity contribution in [2.24, 2.45) is 0 Å². The van der Waals surface area contributed by atoms with Crippen LogP contribution in [0.15, 0.2) is 24.4 Å². The van der Waals surface area contributed by atoms with Crippen LogP contribution in [0.1, 0.15) is 34.5 Å². The van der Waals surface area contributed by atoms with Crippen LogP contribution in [-0.4, -0.2) is 74.4 Å². The highest BCUT2D eigenvalue weighted by Gasteiger charge is 2.25. The number of anilines is 3. The SMILES string of the molecule is CN(C)C(=O)CCC(NC(=O)c1ccc2c(c1)CCN2Cc1cnc2nc(N)nc(N)c2n1)C(=O)O. The third-order valence-corrected chi connectivity index (χ3v) is 5.94. The van der Waals surface area contributed by atoms with Crippen molar-refractivity contribution in [3.05, 3.63) is 41.2 Å². The van der Waals surface area contributed by atoms with Gasteiger partial charge in [-0.3, -0.25) is 9.59 Å². The summed E-state index contributed by atoms with van der Waals surface area (Å²) < 4.78 is 0. The molecule has 4 rings (SSSR count). The standard InChI is InChI=1S/C23H27N9O4/c1-31(2)17(33)6-4-15(22(35)36)28-21(34)13-3-5-16-12(9-13)7-8-32(16)11-14-10-26-20-18(27-14)19(24)29-23(25)30-20/h3,5,9-10,15H,4,6-8,11H2,1-2H3,(H,28,34)(H,35,36)(H4,24,25,26,29,30). The van der Waals surface area contributed by atoms with E-state index < -0.39 is 17.9 Å². The summed E-state index contributed by atoms with van der Waals surface area (Å²) in [5.74, 6) is -1.70. The van der Waals surface area contributed by atoms with Crippen LogP contribution in [0.3, 0.4) is 0 Å². The number of aliphatic carboxylic acids is 1. The molecule has 13 nitrogen and oxygen atoms in total. The molecule has 36 heavy (non-hydrogen) atoms. The van der Waals surface area contributed by atoms with Gasteiger partial charge >= 0.3 is 5.97 Å². The van der Waals surface area contributed by atoms with E-state index in [0.29, 0.717) is 41.9 Å². The smallest absolute Gasteiger partial charge is 0.326 e. The molecule has 188 valence electrons. The minimum Gasteiger partial charge on any atom is -0.480 e. The Balaban J connectivity index is 1.45. The molecule has 0 saturated carbocycles. The number of aromatic nitrogens is 4. The van der Waals surface area contributed by atoms with Crippen LogP contribution in [0.5, 0.6) is 0 Å². The Hall–Kier alpha value is -4.55. The lowest BCUT2D eigenvalue weighted by Crippen LogP contribution is -2.41. The van der Waals surface area contributed by atoms with Crippen molar-refractivity contribution in [2.45, 2.75) is 31.8 Å². The number of carbonyl (C=O) groups is 3. The van der Waals surface area contributed by atoms with E-state index in [2.05, 4.69) is 30.2 Å². The van der Waals surface area contributed by atoms with Gasteiger partial charge in [-0.2, -0.15) is 9.97 Å². The maximum absolute atomic E-state index is 12.8. The molecule has 0 aliphatic carbocycles. The molecule has 2 aromatic heterocycles. The quantitative estimate of drug-likeness (QED) is 0.335. The number of hydrogen-bond donors (Lipinski definition) is 4. The third-order valence-electron chi connectivity index (χ3n) is 5.94. The summed E-state index contributed by atoms with van der Waals surface area (Å²) in [6.45, 7) is 1.17. The van der Waals surface area contributed by atoms with E-state index in [0.717, 1.165) is 11.3 Å². The molecular weight excluding hydrogens is 466 g/mol. The predicted octanol–water partition coefficient (Wildman–Crippen LogP) is 0.198. The lowest BCUT2D eigenvalue weighted by atomic mass is 10.1. The van der Waals surface area contributed by atoms with E-state index >= 15 is 0 Å². The Morgan fingerprint density at radius 3 is 2.69 bits per heavy atom. The Morgan fingerprint density at radius 2 is 1.97 bits per heavy atom. The van der Waals surface area contributed by atoms with Gasteiger partial charge in [-0.05, 0) is 36.6 Å². The Bertz CT molecular complexity index is 1340. The van der Waals surface area contributed by atoms with Crippen molar-refractivity contribution < 1.29 is 19.5 Å². The fourth-order valence-corrected chi connectivity index (χ4v) is 4.02. The highest BCUT2D eigenvalue weighted by molar-refractivity contribution is 5.97. The second-order valence-electron chi connectivity index (χ2n) is 8.71. The number of amides is 2. The summed E-state index contributed by atoms with van der Waals surface area (Å²) in [7, 11) is 3.19. The molecule has 1 unspecified atom stereocenters. The summed E-state index contributed by atoms with van der Waals surface area (Å²) in [5.41, 5.74) is 15.2. The second kappa shape index (κ2) is 9.98. The number of carbonyl (C=O) groups excluding carboxylic acids is 2. The second-order valence-corrected chi connectivity index (χ2v) is 8.71. The van der Waals surface area contributed by atoms with E-state index in [1.54, 1.807) is 32.4 Å². The maximum atomic E-state index is 12.8. The van der Waals surface area contributed by atoms with E-state index in [1.807, 2.05) is 6.07 Å². The summed E-state index contributed by atoms with van der Waals surface area (Å²) in [6, 6.07) is 4.08. The first-order valence-corrected chi connectivity index (χ1v) is 11.3. The number of nitrogens with one attached hydrogen (secondary N) is 1. The molecule has 1 aliphatic rings. The van der Waals surface area contributed by atoms with Gasteiger partial charge in [0.25, 0.3) is 5.91 Å². The normalized spacial score (nSPS) is 13.3. The zero-order valence-corrected chi connectivity index (χ0v) is 19.9. The number of carboxylic acids is 1. The van der Waals surface area contributed by atoms with Gasteiger partial charge in [0.15, 0.2) is 17.0 Å². The average molecular weight is 494 g/mol. The number of rotatable bonds is 8. The van der Waals surface area contributed by atoms with Gasteiger partial charge in [0.1, 0.15) is 6.04 Å². The fourth-order valence-electron chi connectivity index (χ4n) is 4.02. The topological polar surface area (TPSA) is 194 Å². The molecule has 2 amide bonds. The monoisotopic (exact) mass is 493 g/mol. The lowest BCUT2D eigenvalue weighted by molar-refractivity contribution is -0.139. The summed E-state index contributed by atoms with van der Waals surface area (Å²) in [5, 5.41) is 12.0. The molecule has 0 saturated heterocycles. The van der Waals surface area contributed by atoms with Crippen molar-refractivity contribution in [3.63, 3.8) is 0 Å². The van der Waals surface area contributed by atoms with Gasteiger partial charge in [-0.25, -0.2) is 14.8 Å². The van der Waals surface area contributed by atoms with Gasteiger partial charge in [-0.15, -0.1) is 0 Å². The Kier molecular flexibility index (Phi) is 6.81. The number of benzene rings is 1. The van der Waals surface area contributed by atoms with Crippen LogP contribution in [0, 0.1) is 0 Å². The van der Waals surface area contributed by atoms with Gasteiger partial charge < -0.3 is 31.7 Å². The number of fused-ring (bicyclic) bond motifs is 2. The molecule has 0 bridgehead atoms. The highest BCUT2D eigenvalue weighted by atomic mass is 16.4. The maximum Gasteiger partial charge on any atom is 0.326 e. The van der Waals surface area contributed by atoms with E-state index in [4.69, 9.17) is 11.5 Å². The van der Waals surface area contributed by atoms with Crippen LogP contribution >= 0.6 is 0 Å². The lowest BCUT2D eigenvalue weighted by Gasteiger charge is -2.19. The van der Waals surface area contributed by atoms with Crippen LogP contribution in [0.25, 0.3) is 11.2 Å². The molecule has 13 heteroatoms.